The van der Waals surface area contributed by atoms with E-state index < -0.39 is 12.1 Å². The highest BCUT2D eigenvalue weighted by molar-refractivity contribution is 5.81. The number of nitrogens with zero attached hydrogens (tertiary/aromatic N) is 2. The Morgan fingerprint density at radius 3 is 1.91 bits per heavy atom. The van der Waals surface area contributed by atoms with E-state index in [9.17, 15) is 18.0 Å². The maximum absolute atomic E-state index is 11.9. The minimum atomic E-state index is -5.08. The van der Waals surface area contributed by atoms with Gasteiger partial charge >= 0.3 is 12.1 Å². The lowest BCUT2D eigenvalue weighted by Gasteiger charge is -2.43. The van der Waals surface area contributed by atoms with E-state index in [4.69, 9.17) is 15.6 Å². The van der Waals surface area contributed by atoms with Crippen molar-refractivity contribution < 1.29 is 27.9 Å². The first kappa shape index (κ1) is 20.6. The Bertz CT molecular complexity index is 378. The summed E-state index contributed by atoms with van der Waals surface area (Å²) in [6, 6.07) is 0.510. The number of nitrogens with two attached hydrogens (primary N) is 1. The summed E-state index contributed by atoms with van der Waals surface area (Å²) in [4.78, 5) is 25.0. The molecule has 1 saturated heterocycles. The van der Waals surface area contributed by atoms with E-state index in [1.165, 1.54) is 0 Å². The van der Waals surface area contributed by atoms with Gasteiger partial charge in [-0.15, -0.1) is 0 Å². The quantitative estimate of drug-likeness (QED) is 0.787. The Hall–Kier alpha value is -1.35. The molecule has 1 rings (SSSR count). The highest BCUT2D eigenvalue weighted by atomic mass is 19.4. The molecule has 0 bridgehead atoms. The van der Waals surface area contributed by atoms with Crippen molar-refractivity contribution in [1.29, 1.82) is 0 Å². The van der Waals surface area contributed by atoms with Crippen LogP contribution in [0.3, 0.4) is 0 Å². The van der Waals surface area contributed by atoms with Crippen LogP contribution in [-0.4, -0.2) is 71.2 Å². The van der Waals surface area contributed by atoms with Crippen molar-refractivity contribution in [2.45, 2.75) is 51.5 Å². The van der Waals surface area contributed by atoms with E-state index in [1.807, 2.05) is 11.8 Å². The normalized spacial score (nSPS) is 24.3. The Kier molecular flexibility index (Phi) is 7.82. The molecule has 1 aliphatic rings. The number of rotatable bonds is 2. The SMILES string of the molecule is CCC(N)C(=O)N1C[C@@H](C)N(C)[C@@H](C)C1.O=C(O)C(F)(F)F. The predicted molar refractivity (Wildman–Crippen MR) is 75.2 cm³/mol. The van der Waals surface area contributed by atoms with Crippen LogP contribution in [-0.2, 0) is 9.59 Å². The largest absolute Gasteiger partial charge is 0.490 e. The topological polar surface area (TPSA) is 86.9 Å². The van der Waals surface area contributed by atoms with E-state index >= 15 is 0 Å². The molecule has 0 aromatic rings. The number of halogens is 3. The van der Waals surface area contributed by atoms with Crippen molar-refractivity contribution in [2.75, 3.05) is 20.1 Å². The lowest BCUT2D eigenvalue weighted by atomic mass is 10.1. The summed E-state index contributed by atoms with van der Waals surface area (Å²) in [5.41, 5.74) is 5.77. The number of hydrogen-bond donors (Lipinski definition) is 2. The molecule has 1 aliphatic heterocycles. The van der Waals surface area contributed by atoms with Gasteiger partial charge in [-0.2, -0.15) is 13.2 Å². The first-order valence-electron chi connectivity index (χ1n) is 6.98. The molecule has 3 atom stereocenters. The van der Waals surface area contributed by atoms with E-state index in [1.54, 1.807) is 0 Å². The van der Waals surface area contributed by atoms with E-state index in [-0.39, 0.29) is 11.9 Å². The van der Waals surface area contributed by atoms with Crippen molar-refractivity contribution in [2.24, 2.45) is 5.73 Å². The van der Waals surface area contributed by atoms with Gasteiger partial charge in [0.2, 0.25) is 5.91 Å². The third-order valence-corrected chi connectivity index (χ3v) is 3.67. The third-order valence-electron chi connectivity index (χ3n) is 3.67. The molecular weight excluding hydrogens is 303 g/mol. The summed E-state index contributed by atoms with van der Waals surface area (Å²) in [7, 11) is 2.11. The number of carbonyl (C=O) groups excluding carboxylic acids is 1. The molecule has 0 spiro atoms. The molecule has 6 nitrogen and oxygen atoms in total. The number of alkyl halides is 3. The molecule has 1 fully saturated rings. The van der Waals surface area contributed by atoms with Crippen molar-refractivity contribution in [1.82, 2.24) is 9.80 Å². The number of carboxylic acids is 1. The standard InChI is InChI=1S/C11H23N3O.C2HF3O2/c1-5-10(12)11(15)14-6-8(2)13(4)9(3)7-14;3-2(4,5)1(6)7/h8-10H,5-7,12H2,1-4H3;(H,6,7)/t8-,9+,10?;. The highest BCUT2D eigenvalue weighted by Crippen LogP contribution is 2.14. The average Bonchev–Trinajstić information content (AvgIpc) is 2.42. The summed E-state index contributed by atoms with van der Waals surface area (Å²) in [6.45, 7) is 7.84. The highest BCUT2D eigenvalue weighted by Gasteiger charge is 2.38. The van der Waals surface area contributed by atoms with Crippen LogP contribution in [0.25, 0.3) is 0 Å². The fourth-order valence-corrected chi connectivity index (χ4v) is 1.99. The Labute approximate surface area is 128 Å². The van der Waals surface area contributed by atoms with Crippen molar-refractivity contribution >= 4 is 11.9 Å². The number of hydrogen-bond acceptors (Lipinski definition) is 4. The predicted octanol–water partition coefficient (Wildman–Crippen LogP) is 0.908. The van der Waals surface area contributed by atoms with Gasteiger partial charge in [-0.25, -0.2) is 4.79 Å². The minimum Gasteiger partial charge on any atom is -0.475 e. The van der Waals surface area contributed by atoms with Crippen LogP contribution < -0.4 is 5.73 Å². The molecule has 1 heterocycles. The number of likely N-dealkylation sites (N-methyl/N-ethyl adjacent to an activating group) is 1. The second kappa shape index (κ2) is 8.33. The second-order valence-electron chi connectivity index (χ2n) is 5.42. The molecule has 0 radical (unpaired) electrons. The molecule has 0 aromatic heterocycles. The van der Waals surface area contributed by atoms with Crippen LogP contribution in [0.15, 0.2) is 0 Å². The van der Waals surface area contributed by atoms with Gasteiger partial charge < -0.3 is 15.7 Å². The molecule has 1 unspecified atom stereocenters. The molecule has 3 N–H and O–H groups in total. The molecule has 0 aliphatic carbocycles. The van der Waals surface area contributed by atoms with Crippen LogP contribution >= 0.6 is 0 Å². The van der Waals surface area contributed by atoms with E-state index in [2.05, 4.69) is 25.8 Å². The van der Waals surface area contributed by atoms with Crippen LogP contribution in [0.1, 0.15) is 27.2 Å². The zero-order valence-electron chi connectivity index (χ0n) is 13.2. The molecular formula is C13H24F3N3O3. The van der Waals surface area contributed by atoms with Crippen LogP contribution in [0.4, 0.5) is 13.2 Å². The number of amides is 1. The average molecular weight is 327 g/mol. The molecule has 22 heavy (non-hydrogen) atoms. The summed E-state index contributed by atoms with van der Waals surface area (Å²) in [5.74, 6) is -2.66. The van der Waals surface area contributed by atoms with Crippen LogP contribution in [0, 0.1) is 0 Å². The van der Waals surface area contributed by atoms with E-state index in [0.29, 0.717) is 18.5 Å². The Balaban J connectivity index is 0.000000534. The second-order valence-corrected chi connectivity index (χ2v) is 5.42. The maximum Gasteiger partial charge on any atom is 0.490 e. The zero-order chi connectivity index (χ0) is 17.7. The summed E-state index contributed by atoms with van der Waals surface area (Å²) in [5, 5.41) is 7.12. The number of carboxylic acid groups (broad SMARTS) is 1. The molecule has 1 amide bonds. The first-order valence-corrected chi connectivity index (χ1v) is 6.98. The van der Waals surface area contributed by atoms with Crippen LogP contribution in [0.2, 0.25) is 0 Å². The Morgan fingerprint density at radius 1 is 1.27 bits per heavy atom. The van der Waals surface area contributed by atoms with Gasteiger partial charge in [0.1, 0.15) is 0 Å². The Morgan fingerprint density at radius 2 is 1.64 bits per heavy atom. The minimum absolute atomic E-state index is 0.101. The van der Waals surface area contributed by atoms with Gasteiger partial charge in [0.05, 0.1) is 6.04 Å². The van der Waals surface area contributed by atoms with E-state index in [0.717, 1.165) is 13.1 Å². The van der Waals surface area contributed by atoms with Gasteiger partial charge in [-0.05, 0) is 27.3 Å². The van der Waals surface area contributed by atoms with Gasteiger partial charge in [-0.1, -0.05) is 6.92 Å². The number of carbonyl (C=O) groups is 2. The molecule has 0 aromatic carbocycles. The molecule has 130 valence electrons. The lowest BCUT2D eigenvalue weighted by molar-refractivity contribution is -0.192. The summed E-state index contributed by atoms with van der Waals surface area (Å²) < 4.78 is 31.7. The fourth-order valence-electron chi connectivity index (χ4n) is 1.99. The summed E-state index contributed by atoms with van der Waals surface area (Å²) >= 11 is 0. The monoisotopic (exact) mass is 327 g/mol. The van der Waals surface area contributed by atoms with Gasteiger partial charge in [0, 0.05) is 25.2 Å². The first-order chi connectivity index (χ1) is 9.91. The van der Waals surface area contributed by atoms with Gasteiger partial charge in [0.15, 0.2) is 0 Å². The van der Waals surface area contributed by atoms with Gasteiger partial charge in [0.25, 0.3) is 0 Å². The maximum atomic E-state index is 11.9. The number of piperazine rings is 1. The zero-order valence-corrected chi connectivity index (χ0v) is 13.2. The molecule has 9 heteroatoms. The summed E-state index contributed by atoms with van der Waals surface area (Å²) in [6.07, 6.45) is -4.37. The van der Waals surface area contributed by atoms with Crippen LogP contribution in [0.5, 0.6) is 0 Å². The van der Waals surface area contributed by atoms with Crippen molar-refractivity contribution in [3.8, 4) is 0 Å². The fraction of sp³-hybridized carbons (Fsp3) is 0.846. The molecule has 0 saturated carbocycles. The smallest absolute Gasteiger partial charge is 0.475 e. The third kappa shape index (κ3) is 6.18. The van der Waals surface area contributed by atoms with Crippen molar-refractivity contribution in [3.63, 3.8) is 0 Å². The lowest BCUT2D eigenvalue weighted by Crippen LogP contribution is -2.59. The number of aliphatic carboxylic acids is 1. The van der Waals surface area contributed by atoms with Crippen molar-refractivity contribution in [3.05, 3.63) is 0 Å². The van der Waals surface area contributed by atoms with Gasteiger partial charge in [-0.3, -0.25) is 9.69 Å².